The Morgan fingerprint density at radius 1 is 1.55 bits per heavy atom. The molecule has 0 saturated heterocycles. The van der Waals surface area contributed by atoms with Crippen LogP contribution in [0.5, 0.6) is 5.95 Å². The maximum atomic E-state index is 5.18. The number of pyridine rings is 1. The molecule has 0 radical (unpaired) electrons. The van der Waals surface area contributed by atoms with E-state index in [1.54, 1.807) is 13.3 Å². The normalized spacial score (nSPS) is 10.3. The van der Waals surface area contributed by atoms with Gasteiger partial charge in [0.1, 0.15) is 0 Å². The van der Waals surface area contributed by atoms with Gasteiger partial charge in [0.2, 0.25) is 5.71 Å². The standard InChI is InChI=1S/C8H7NO2/c1-10-7-5-6-3-2-4-9-8(6)11-7/h2-5H,1H3. The summed E-state index contributed by atoms with van der Waals surface area (Å²) in [5.74, 6) is 0.499. The Labute approximate surface area is 63.6 Å². The highest BCUT2D eigenvalue weighted by Gasteiger charge is 2.01. The number of furan rings is 1. The second-order valence-corrected chi connectivity index (χ2v) is 2.17. The minimum absolute atomic E-state index is 0.499. The molecular weight excluding hydrogens is 142 g/mol. The lowest BCUT2D eigenvalue weighted by Gasteiger charge is -1.86. The monoisotopic (exact) mass is 149 g/mol. The molecule has 0 aliphatic heterocycles. The van der Waals surface area contributed by atoms with Gasteiger partial charge in [-0.1, -0.05) is 0 Å². The minimum atomic E-state index is 0.499. The van der Waals surface area contributed by atoms with Crippen molar-refractivity contribution in [2.45, 2.75) is 0 Å². The third kappa shape index (κ3) is 0.941. The molecule has 3 heteroatoms. The van der Waals surface area contributed by atoms with Crippen molar-refractivity contribution in [3.8, 4) is 5.95 Å². The molecule has 2 heterocycles. The van der Waals surface area contributed by atoms with E-state index < -0.39 is 0 Å². The first-order valence-corrected chi connectivity index (χ1v) is 3.29. The second kappa shape index (κ2) is 2.27. The third-order valence-corrected chi connectivity index (χ3v) is 1.47. The number of fused-ring (bicyclic) bond motifs is 1. The Hall–Kier alpha value is -1.51. The van der Waals surface area contributed by atoms with Gasteiger partial charge in [-0.25, -0.2) is 4.98 Å². The van der Waals surface area contributed by atoms with E-state index in [-0.39, 0.29) is 0 Å². The maximum absolute atomic E-state index is 5.18. The average Bonchev–Trinajstić information content (AvgIpc) is 2.46. The van der Waals surface area contributed by atoms with Gasteiger partial charge in [-0.05, 0) is 12.1 Å². The van der Waals surface area contributed by atoms with E-state index in [1.165, 1.54) is 0 Å². The van der Waals surface area contributed by atoms with E-state index in [1.807, 2.05) is 18.2 Å². The highest BCUT2D eigenvalue weighted by molar-refractivity contribution is 5.74. The van der Waals surface area contributed by atoms with Gasteiger partial charge in [-0.15, -0.1) is 0 Å². The third-order valence-electron chi connectivity index (χ3n) is 1.47. The van der Waals surface area contributed by atoms with Crippen molar-refractivity contribution in [3.05, 3.63) is 24.4 Å². The molecule has 0 N–H and O–H groups in total. The van der Waals surface area contributed by atoms with Crippen LogP contribution in [0.1, 0.15) is 0 Å². The molecule has 2 aromatic rings. The van der Waals surface area contributed by atoms with Crippen LogP contribution in [0.4, 0.5) is 0 Å². The molecule has 0 atom stereocenters. The zero-order chi connectivity index (χ0) is 7.68. The number of hydrogen-bond acceptors (Lipinski definition) is 3. The van der Waals surface area contributed by atoms with Crippen LogP contribution in [0.2, 0.25) is 0 Å². The molecular formula is C8H7NO2. The number of aromatic nitrogens is 1. The predicted molar refractivity (Wildman–Crippen MR) is 40.6 cm³/mol. The minimum Gasteiger partial charge on any atom is -0.468 e. The summed E-state index contributed by atoms with van der Waals surface area (Å²) in [6.07, 6.45) is 1.69. The number of methoxy groups -OCH3 is 1. The van der Waals surface area contributed by atoms with E-state index in [9.17, 15) is 0 Å². The van der Waals surface area contributed by atoms with E-state index in [2.05, 4.69) is 4.98 Å². The van der Waals surface area contributed by atoms with Crippen molar-refractivity contribution in [1.29, 1.82) is 0 Å². The molecule has 0 bridgehead atoms. The quantitative estimate of drug-likeness (QED) is 0.620. The first kappa shape index (κ1) is 6.22. The van der Waals surface area contributed by atoms with Gasteiger partial charge in [-0.3, -0.25) is 0 Å². The van der Waals surface area contributed by atoms with Gasteiger partial charge in [-0.2, -0.15) is 0 Å². The smallest absolute Gasteiger partial charge is 0.286 e. The molecule has 3 nitrogen and oxygen atoms in total. The molecule has 0 spiro atoms. The summed E-state index contributed by atoms with van der Waals surface area (Å²) in [5.41, 5.74) is 0.615. The Morgan fingerprint density at radius 2 is 2.45 bits per heavy atom. The van der Waals surface area contributed by atoms with Gasteiger partial charge in [0.05, 0.1) is 7.11 Å². The van der Waals surface area contributed by atoms with Crippen molar-refractivity contribution in [1.82, 2.24) is 4.98 Å². The summed E-state index contributed by atoms with van der Waals surface area (Å²) in [5, 5.41) is 0.962. The summed E-state index contributed by atoms with van der Waals surface area (Å²) in [6, 6.07) is 5.59. The Bertz CT molecular complexity index is 334. The number of hydrogen-bond donors (Lipinski definition) is 0. The molecule has 2 rings (SSSR count). The van der Waals surface area contributed by atoms with E-state index in [4.69, 9.17) is 9.15 Å². The van der Waals surface area contributed by atoms with Crippen LogP contribution in [0.15, 0.2) is 28.8 Å². The van der Waals surface area contributed by atoms with Crippen LogP contribution in [0, 0.1) is 0 Å². The molecule has 56 valence electrons. The summed E-state index contributed by atoms with van der Waals surface area (Å²) in [4.78, 5) is 4.00. The molecule has 0 unspecified atom stereocenters. The second-order valence-electron chi connectivity index (χ2n) is 2.17. The molecule has 0 aliphatic rings. The van der Waals surface area contributed by atoms with Crippen LogP contribution >= 0.6 is 0 Å². The predicted octanol–water partition coefficient (Wildman–Crippen LogP) is 1.84. The van der Waals surface area contributed by atoms with E-state index in [0.717, 1.165) is 5.39 Å². The molecule has 0 aliphatic carbocycles. The highest BCUT2D eigenvalue weighted by Crippen LogP contribution is 2.21. The Balaban J connectivity index is 2.69. The Kier molecular flexibility index (Phi) is 1.28. The molecule has 2 aromatic heterocycles. The lowest BCUT2D eigenvalue weighted by atomic mass is 10.3. The molecule has 0 saturated carbocycles. The zero-order valence-corrected chi connectivity index (χ0v) is 6.07. The number of nitrogens with zero attached hydrogens (tertiary/aromatic N) is 1. The SMILES string of the molecule is COc1cc2cccnc2o1. The molecule has 11 heavy (non-hydrogen) atoms. The summed E-state index contributed by atoms with van der Waals surface area (Å²) >= 11 is 0. The van der Waals surface area contributed by atoms with Crippen molar-refractivity contribution >= 4 is 11.1 Å². The molecule has 0 aromatic carbocycles. The summed E-state index contributed by atoms with van der Waals surface area (Å²) < 4.78 is 10.1. The van der Waals surface area contributed by atoms with Crippen LogP contribution in [0.25, 0.3) is 11.1 Å². The van der Waals surface area contributed by atoms with Gasteiger partial charge in [0.15, 0.2) is 0 Å². The lowest BCUT2D eigenvalue weighted by molar-refractivity contribution is 0.314. The average molecular weight is 149 g/mol. The van der Waals surface area contributed by atoms with Crippen molar-refractivity contribution in [3.63, 3.8) is 0 Å². The van der Waals surface area contributed by atoms with Gasteiger partial charge in [0, 0.05) is 17.6 Å². The largest absolute Gasteiger partial charge is 0.468 e. The number of rotatable bonds is 1. The van der Waals surface area contributed by atoms with Crippen molar-refractivity contribution < 1.29 is 9.15 Å². The fourth-order valence-electron chi connectivity index (χ4n) is 0.951. The fraction of sp³-hybridized carbons (Fsp3) is 0.125. The highest BCUT2D eigenvalue weighted by atomic mass is 16.6. The van der Waals surface area contributed by atoms with Crippen molar-refractivity contribution in [2.75, 3.05) is 7.11 Å². The van der Waals surface area contributed by atoms with Crippen LogP contribution in [-0.2, 0) is 0 Å². The molecule has 0 amide bonds. The Morgan fingerprint density at radius 3 is 3.18 bits per heavy atom. The zero-order valence-electron chi connectivity index (χ0n) is 6.07. The van der Waals surface area contributed by atoms with Gasteiger partial charge in [0.25, 0.3) is 5.95 Å². The first-order chi connectivity index (χ1) is 5.40. The van der Waals surface area contributed by atoms with Crippen molar-refractivity contribution in [2.24, 2.45) is 0 Å². The van der Waals surface area contributed by atoms with Crippen LogP contribution in [-0.4, -0.2) is 12.1 Å². The number of ether oxygens (including phenoxy) is 1. The molecule has 0 fully saturated rings. The first-order valence-electron chi connectivity index (χ1n) is 3.29. The maximum Gasteiger partial charge on any atom is 0.286 e. The summed E-state index contributed by atoms with van der Waals surface area (Å²) in [6.45, 7) is 0. The van der Waals surface area contributed by atoms with E-state index in [0.29, 0.717) is 11.7 Å². The topological polar surface area (TPSA) is 35.3 Å². The van der Waals surface area contributed by atoms with Gasteiger partial charge < -0.3 is 9.15 Å². The summed E-state index contributed by atoms with van der Waals surface area (Å²) in [7, 11) is 1.57. The lowest BCUT2D eigenvalue weighted by Crippen LogP contribution is -1.75. The van der Waals surface area contributed by atoms with Crippen LogP contribution < -0.4 is 4.74 Å². The van der Waals surface area contributed by atoms with Gasteiger partial charge >= 0.3 is 0 Å². The van der Waals surface area contributed by atoms with E-state index >= 15 is 0 Å². The van der Waals surface area contributed by atoms with Crippen LogP contribution in [0.3, 0.4) is 0 Å². The fourth-order valence-corrected chi connectivity index (χ4v) is 0.951.